The van der Waals surface area contributed by atoms with Gasteiger partial charge in [-0.2, -0.15) is 8.42 Å². The normalized spacial score (nSPS) is 57.0. The highest BCUT2D eigenvalue weighted by Gasteiger charge is 2.90. The topological polar surface area (TPSA) is 83.6 Å². The second kappa shape index (κ2) is 14.3. The molecule has 11 aliphatic rings. The van der Waals surface area contributed by atoms with E-state index in [0.29, 0.717) is 21.9 Å². The first kappa shape index (κ1) is 46.6. The van der Waals surface area contributed by atoms with Crippen LogP contribution in [0.4, 0.5) is 0 Å². The third kappa shape index (κ3) is 5.16. The van der Waals surface area contributed by atoms with Gasteiger partial charge in [-0.05, 0) is 30.1 Å². The van der Waals surface area contributed by atoms with Gasteiger partial charge in [0.1, 0.15) is 29.2 Å². The van der Waals surface area contributed by atoms with Crippen LogP contribution in [0.15, 0.2) is 30.2 Å². The van der Waals surface area contributed by atoms with Gasteiger partial charge >= 0.3 is 22.7 Å². The first-order chi connectivity index (χ1) is 26.1. The average molecular weight is 1190 g/mol. The lowest BCUT2D eigenvalue weighted by molar-refractivity contribution is 0.207. The third-order valence-corrected chi connectivity index (χ3v) is 28.1. The lowest BCUT2D eigenvalue weighted by atomic mass is 9.73. The predicted octanol–water partition coefficient (Wildman–Crippen LogP) is 11.9. The van der Waals surface area contributed by atoms with Crippen molar-refractivity contribution in [2.45, 2.75) is 60.9 Å². The van der Waals surface area contributed by atoms with E-state index in [4.69, 9.17) is 230 Å². The molecule has 320 valence electrons. The molecule has 0 aromatic heterocycles. The maximum absolute atomic E-state index is 11.3. The minimum Gasteiger partial charge on any atom is -0.369 e. The Morgan fingerprint density at radius 3 is 0.895 bits per heavy atom. The van der Waals surface area contributed by atoms with Crippen LogP contribution >= 0.6 is 209 Å². The van der Waals surface area contributed by atoms with E-state index in [1.54, 1.807) is 0 Å². The monoisotopic (exact) mass is 1190 g/mol. The van der Waals surface area contributed by atoms with E-state index in [9.17, 15) is 8.42 Å². The molecule has 3 saturated heterocycles. The highest BCUT2D eigenvalue weighted by atomic mass is 35.5. The van der Waals surface area contributed by atoms with Gasteiger partial charge in [0.05, 0.1) is 68.8 Å². The predicted molar refractivity (Wildman–Crippen MR) is 232 cm³/mol. The van der Waals surface area contributed by atoms with Crippen LogP contribution in [0.25, 0.3) is 0 Å². The van der Waals surface area contributed by atoms with Crippen LogP contribution in [0.3, 0.4) is 0 Å². The van der Waals surface area contributed by atoms with Gasteiger partial charge < -0.3 is 4.74 Å². The van der Waals surface area contributed by atoms with Crippen molar-refractivity contribution in [1.82, 2.24) is 0 Å². The van der Waals surface area contributed by atoms with E-state index >= 15 is 0 Å². The van der Waals surface area contributed by atoms with Gasteiger partial charge in [-0.3, -0.25) is 16.7 Å². The van der Waals surface area contributed by atoms with Crippen molar-refractivity contribution in [2.24, 2.45) is 47.3 Å². The second-order valence-corrected chi connectivity index (χ2v) is 27.1. The summed E-state index contributed by atoms with van der Waals surface area (Å²) >= 11 is 112. The van der Waals surface area contributed by atoms with Gasteiger partial charge in [0.15, 0.2) is 13.0 Å². The van der Waals surface area contributed by atoms with Gasteiger partial charge in [-0.15, -0.1) is 69.6 Å². The number of rotatable bonds is 0. The molecule has 27 heteroatoms. The molecule has 17 atom stereocenters. The van der Waals surface area contributed by atoms with E-state index < -0.39 is 88.6 Å². The summed E-state index contributed by atoms with van der Waals surface area (Å²) in [5.74, 6) is -1.05. The summed E-state index contributed by atoms with van der Waals surface area (Å²) in [6.45, 7) is 0.0430. The van der Waals surface area contributed by atoms with Crippen molar-refractivity contribution in [3.63, 3.8) is 0 Å². The fraction of sp³-hybridized carbons (Fsp3) is 0.800. The second-order valence-electron chi connectivity index (χ2n) is 15.5. The Morgan fingerprint density at radius 1 is 0.404 bits per heavy atom. The van der Waals surface area contributed by atoms with E-state index in [1.165, 1.54) is 0 Å². The number of allylic oxidation sites excluding steroid dienone is 6. The summed E-state index contributed by atoms with van der Waals surface area (Å²) in [7, 11) is 0. The molecule has 13 unspecified atom stereocenters. The molecule has 0 spiro atoms. The van der Waals surface area contributed by atoms with Crippen LogP contribution in [-0.4, -0.2) is 89.3 Å². The molecule has 3 aliphatic heterocycles. The summed E-state index contributed by atoms with van der Waals surface area (Å²) in [6, 6.07) is 0. The number of halogens is 18. The van der Waals surface area contributed by atoms with Gasteiger partial charge in [0.25, 0.3) is 0 Å². The molecule has 57 heavy (non-hydrogen) atoms. The number of hydrogen-bond acceptors (Lipinski definition) is 7. The highest BCUT2D eigenvalue weighted by molar-refractivity contribution is 7.75. The van der Waals surface area contributed by atoms with Crippen molar-refractivity contribution in [1.29, 1.82) is 0 Å². The molecule has 7 nitrogen and oxygen atoms in total. The standard InChI is InChI=1S/C12H8Cl6O.2C9H6Cl6O3S/c13-8-9(14)11(16)5-3-1-2(6-7(3)19-6)4(5)10(8,15)12(11,17)18;2*10-5-6(11)8(13)4-2-18-19(16)17-1-3(4)7(5,12)9(8,14)15/h2-7H,1H2;2*3-4H,1-2H2/t;3-,4+,7+,8-,19?;. The van der Waals surface area contributed by atoms with Crippen LogP contribution in [-0.2, 0) is 44.2 Å². The maximum Gasteiger partial charge on any atom is 0.304 e. The fourth-order valence-electron chi connectivity index (χ4n) is 11.2. The molecule has 0 aromatic rings. The SMILES string of the molecule is ClC1=C(Cl)C2(Cl)C3C4CC(C5OC45)C3C1(Cl)C2(Cl)Cl.O=S1OCC2C(CO1)C1(Cl)C(Cl)=C(Cl)C2(Cl)C1(Cl)Cl.O=S1OC[C@@H]2[C@H](CO1)[C@@]1(Cl)C(Cl)=C(Cl)[C@]2(Cl)C1(Cl)Cl. The Morgan fingerprint density at radius 2 is 0.632 bits per heavy atom. The van der Waals surface area contributed by atoms with Crippen LogP contribution in [0.1, 0.15) is 6.42 Å². The van der Waals surface area contributed by atoms with E-state index in [1.807, 2.05) is 0 Å². The number of ether oxygens (including phenoxy) is 1. The first-order valence-corrected chi connectivity index (χ1v) is 25.4. The molecule has 3 heterocycles. The molecule has 0 aromatic carbocycles. The average Bonchev–Trinajstić information content (AvgIpc) is 3.70. The number of fused-ring (bicyclic) bond motifs is 22. The van der Waals surface area contributed by atoms with Crippen LogP contribution in [0.2, 0.25) is 0 Å². The molecule has 11 rings (SSSR count). The molecule has 8 fully saturated rings. The van der Waals surface area contributed by atoms with Crippen molar-refractivity contribution in [3.8, 4) is 0 Å². The quantitative estimate of drug-likeness (QED) is 0.136. The Bertz CT molecular complexity index is 1810. The zero-order valence-corrected chi connectivity index (χ0v) is 42.5. The summed E-state index contributed by atoms with van der Waals surface area (Å²) in [5, 5.41) is 1.06. The molecule has 8 bridgehead atoms. The van der Waals surface area contributed by atoms with Crippen molar-refractivity contribution in [2.75, 3.05) is 26.4 Å². The van der Waals surface area contributed by atoms with E-state index in [0.717, 1.165) is 6.42 Å². The smallest absolute Gasteiger partial charge is 0.304 e. The molecule has 0 amide bonds. The lowest BCUT2D eigenvalue weighted by Gasteiger charge is -2.38. The third-order valence-electron chi connectivity index (χ3n) is 13.8. The summed E-state index contributed by atoms with van der Waals surface area (Å²) in [5.41, 5.74) is 0. The van der Waals surface area contributed by atoms with Crippen LogP contribution in [0, 0.1) is 47.3 Å². The summed E-state index contributed by atoms with van der Waals surface area (Å²) < 4.78 is 43.8. The van der Waals surface area contributed by atoms with Gasteiger partial charge in [0.2, 0.25) is 0 Å². The Balaban J connectivity index is 0.000000111. The van der Waals surface area contributed by atoms with E-state index in [2.05, 4.69) is 0 Å². The number of alkyl halides is 12. The number of epoxide rings is 1. The first-order valence-electron chi connectivity index (χ1n) is 16.6. The minimum atomic E-state index is -1.86. The van der Waals surface area contributed by atoms with E-state index in [-0.39, 0.29) is 70.6 Å². The fourth-order valence-corrected chi connectivity index (χ4v) is 21.6. The molecule has 0 radical (unpaired) electrons. The van der Waals surface area contributed by atoms with Crippen molar-refractivity contribution in [3.05, 3.63) is 30.2 Å². The Labute approximate surface area is 421 Å². The highest BCUT2D eigenvalue weighted by Crippen LogP contribution is 2.84. The maximum atomic E-state index is 11.3. The summed E-state index contributed by atoms with van der Waals surface area (Å²) in [6.07, 6.45) is 1.63. The van der Waals surface area contributed by atoms with Crippen LogP contribution < -0.4 is 0 Å². The largest absolute Gasteiger partial charge is 0.369 e. The zero-order valence-electron chi connectivity index (χ0n) is 27.3. The molecular formula is C30H20Cl18O7S2. The molecule has 8 aliphatic carbocycles. The molecule has 5 saturated carbocycles. The van der Waals surface area contributed by atoms with Gasteiger partial charge in [-0.1, -0.05) is 139 Å². The Hall–Kier alpha value is 4.54. The molecular weight excluding hydrogens is 1170 g/mol. The summed E-state index contributed by atoms with van der Waals surface area (Å²) in [4.78, 5) is -7.73. The van der Waals surface area contributed by atoms with Crippen LogP contribution in [0.5, 0.6) is 0 Å². The minimum absolute atomic E-state index is 0.0107. The Kier molecular flexibility index (Phi) is 11.7. The van der Waals surface area contributed by atoms with Crippen molar-refractivity contribution >= 4 is 232 Å². The molecule has 0 N–H and O–H groups in total. The van der Waals surface area contributed by atoms with Gasteiger partial charge in [-0.25, -0.2) is 0 Å². The zero-order chi connectivity index (χ0) is 42.0. The lowest BCUT2D eigenvalue weighted by Crippen LogP contribution is -2.46. The van der Waals surface area contributed by atoms with Gasteiger partial charge in [0, 0.05) is 23.7 Å². The van der Waals surface area contributed by atoms with Crippen molar-refractivity contribution < 1.29 is 29.9 Å². The number of hydrogen-bond donors (Lipinski definition) is 0.